The van der Waals surface area contributed by atoms with Crippen LogP contribution in [-0.4, -0.2) is 48.3 Å². The van der Waals surface area contributed by atoms with E-state index in [0.717, 1.165) is 12.0 Å². The molecule has 0 bridgehead atoms. The molecule has 0 spiro atoms. The molecule has 2 saturated heterocycles. The Morgan fingerprint density at radius 1 is 1.06 bits per heavy atom. The molecule has 3 unspecified atom stereocenters. The van der Waals surface area contributed by atoms with Crippen LogP contribution in [0.15, 0.2) is 67.3 Å². The highest BCUT2D eigenvalue weighted by Crippen LogP contribution is 2.42. The summed E-state index contributed by atoms with van der Waals surface area (Å²) in [5.74, 6) is -0.157. The molecule has 3 atom stereocenters. The van der Waals surface area contributed by atoms with Gasteiger partial charge in [-0.2, -0.15) is 0 Å². The van der Waals surface area contributed by atoms with Crippen molar-refractivity contribution < 1.29 is 18.0 Å². The minimum absolute atomic E-state index is 0.0139. The van der Waals surface area contributed by atoms with Gasteiger partial charge in [0.05, 0.1) is 17.5 Å². The van der Waals surface area contributed by atoms with E-state index in [9.17, 15) is 18.0 Å². The number of carbonyl (C=O) groups excluding carboxylic acids is 2. The Morgan fingerprint density at radius 2 is 1.79 bits per heavy atom. The van der Waals surface area contributed by atoms with Gasteiger partial charge in [-0.15, -0.1) is 11.8 Å². The van der Waals surface area contributed by atoms with E-state index in [-0.39, 0.29) is 40.5 Å². The standard InChI is InChI=1S/C24H27N3O4S2/c1-2-22(28)26-24-13-19-14-27(15-21(19)32-24)33(30,31)16-18-8-10-20(11-9-18)25-23(29)12-17-6-4-3-5-7-17/h2-11,19,21,24H,1,12-16H2,(H,25,29)(H,26,28). The van der Waals surface area contributed by atoms with Gasteiger partial charge >= 0.3 is 0 Å². The molecule has 33 heavy (non-hydrogen) atoms. The number of hydrogen-bond acceptors (Lipinski definition) is 5. The molecule has 0 radical (unpaired) electrons. The van der Waals surface area contributed by atoms with Crippen molar-refractivity contribution >= 4 is 39.3 Å². The Hall–Kier alpha value is -2.62. The summed E-state index contributed by atoms with van der Waals surface area (Å²) in [6.07, 6.45) is 2.30. The number of nitrogens with one attached hydrogen (secondary N) is 2. The molecule has 7 nitrogen and oxygen atoms in total. The summed E-state index contributed by atoms with van der Waals surface area (Å²) in [7, 11) is -3.45. The first kappa shape index (κ1) is 23.5. The van der Waals surface area contributed by atoms with Gasteiger partial charge in [-0.05, 0) is 41.7 Å². The molecule has 0 aromatic heterocycles. The van der Waals surface area contributed by atoms with Gasteiger partial charge < -0.3 is 10.6 Å². The van der Waals surface area contributed by atoms with Crippen LogP contribution >= 0.6 is 11.8 Å². The SMILES string of the molecule is C=CC(=O)NC1CC2CN(S(=O)(=O)Cc3ccc(NC(=O)Cc4ccccc4)cc3)CC2S1. The molecule has 4 rings (SSSR count). The summed E-state index contributed by atoms with van der Waals surface area (Å²) < 4.78 is 27.5. The first-order valence-electron chi connectivity index (χ1n) is 10.8. The summed E-state index contributed by atoms with van der Waals surface area (Å²) in [6, 6.07) is 16.4. The molecule has 2 aliphatic heterocycles. The highest BCUT2D eigenvalue weighted by molar-refractivity contribution is 8.00. The van der Waals surface area contributed by atoms with Crippen LogP contribution in [0.1, 0.15) is 17.5 Å². The maximum absolute atomic E-state index is 13.0. The summed E-state index contributed by atoms with van der Waals surface area (Å²) in [4.78, 5) is 23.7. The molecule has 2 aliphatic rings. The number of rotatable bonds is 8. The van der Waals surface area contributed by atoms with Gasteiger partial charge in [0.1, 0.15) is 0 Å². The lowest BCUT2D eigenvalue weighted by molar-refractivity contribution is -0.117. The van der Waals surface area contributed by atoms with E-state index in [4.69, 9.17) is 0 Å². The van der Waals surface area contributed by atoms with Crippen molar-refractivity contribution in [1.82, 2.24) is 9.62 Å². The minimum Gasteiger partial charge on any atom is -0.341 e. The number of sulfonamides is 1. The molecule has 0 saturated carbocycles. The molecule has 2 N–H and O–H groups in total. The van der Waals surface area contributed by atoms with E-state index in [0.29, 0.717) is 24.3 Å². The first-order chi connectivity index (χ1) is 15.8. The molecule has 174 valence electrons. The Morgan fingerprint density at radius 3 is 2.45 bits per heavy atom. The summed E-state index contributed by atoms with van der Waals surface area (Å²) in [5.41, 5.74) is 2.24. The molecule has 2 fully saturated rings. The number of benzene rings is 2. The second-order valence-electron chi connectivity index (χ2n) is 8.35. The van der Waals surface area contributed by atoms with Crippen molar-refractivity contribution in [3.05, 3.63) is 78.4 Å². The zero-order valence-electron chi connectivity index (χ0n) is 18.1. The van der Waals surface area contributed by atoms with E-state index in [1.165, 1.54) is 6.08 Å². The van der Waals surface area contributed by atoms with Crippen LogP contribution in [0.2, 0.25) is 0 Å². The van der Waals surface area contributed by atoms with Gasteiger partial charge in [-0.3, -0.25) is 9.59 Å². The third-order valence-electron chi connectivity index (χ3n) is 5.88. The smallest absolute Gasteiger partial charge is 0.244 e. The van der Waals surface area contributed by atoms with Crippen LogP contribution in [0.3, 0.4) is 0 Å². The zero-order chi connectivity index (χ0) is 23.4. The van der Waals surface area contributed by atoms with Crippen LogP contribution in [0.5, 0.6) is 0 Å². The lowest BCUT2D eigenvalue weighted by Gasteiger charge is -2.19. The molecular formula is C24H27N3O4S2. The van der Waals surface area contributed by atoms with Crippen molar-refractivity contribution in [1.29, 1.82) is 0 Å². The van der Waals surface area contributed by atoms with Gasteiger partial charge in [-0.25, -0.2) is 12.7 Å². The quantitative estimate of drug-likeness (QED) is 0.561. The van der Waals surface area contributed by atoms with Crippen LogP contribution < -0.4 is 10.6 Å². The fraction of sp³-hybridized carbons (Fsp3) is 0.333. The number of nitrogens with zero attached hydrogens (tertiary/aromatic N) is 1. The van der Waals surface area contributed by atoms with Crippen LogP contribution in [0, 0.1) is 5.92 Å². The monoisotopic (exact) mass is 485 g/mol. The van der Waals surface area contributed by atoms with E-state index in [2.05, 4.69) is 17.2 Å². The van der Waals surface area contributed by atoms with Crippen LogP contribution in [0.4, 0.5) is 5.69 Å². The fourth-order valence-electron chi connectivity index (χ4n) is 4.24. The molecule has 2 amide bonds. The van der Waals surface area contributed by atoms with Crippen LogP contribution in [0.25, 0.3) is 0 Å². The average Bonchev–Trinajstić information content (AvgIpc) is 3.35. The van der Waals surface area contributed by atoms with Crippen molar-refractivity contribution in [2.24, 2.45) is 5.92 Å². The number of amides is 2. The predicted octanol–water partition coefficient (Wildman–Crippen LogP) is 2.76. The normalized spacial score (nSPS) is 22.5. The molecule has 0 aliphatic carbocycles. The minimum atomic E-state index is -3.45. The fourth-order valence-corrected chi connectivity index (χ4v) is 7.58. The summed E-state index contributed by atoms with van der Waals surface area (Å²) >= 11 is 1.63. The molecule has 9 heteroatoms. The number of hydrogen-bond donors (Lipinski definition) is 2. The topological polar surface area (TPSA) is 95.6 Å². The second-order valence-corrected chi connectivity index (χ2v) is 11.8. The number of fused-ring (bicyclic) bond motifs is 1. The predicted molar refractivity (Wildman–Crippen MR) is 131 cm³/mol. The largest absolute Gasteiger partial charge is 0.341 e. The second kappa shape index (κ2) is 10.1. The maximum Gasteiger partial charge on any atom is 0.244 e. The van der Waals surface area contributed by atoms with Crippen molar-refractivity contribution in [2.75, 3.05) is 18.4 Å². The van der Waals surface area contributed by atoms with Gasteiger partial charge in [0, 0.05) is 24.0 Å². The maximum atomic E-state index is 13.0. The van der Waals surface area contributed by atoms with Crippen molar-refractivity contribution in [3.8, 4) is 0 Å². The third-order valence-corrected chi connectivity index (χ3v) is 9.19. The van der Waals surface area contributed by atoms with E-state index >= 15 is 0 Å². The highest BCUT2D eigenvalue weighted by atomic mass is 32.2. The van der Waals surface area contributed by atoms with Gasteiger partial charge in [-0.1, -0.05) is 49.0 Å². The van der Waals surface area contributed by atoms with Crippen LogP contribution in [-0.2, 0) is 31.8 Å². The summed E-state index contributed by atoms with van der Waals surface area (Å²) in [6.45, 7) is 4.41. The molecule has 2 aromatic rings. The van der Waals surface area contributed by atoms with E-state index in [1.807, 2.05) is 30.3 Å². The number of anilines is 1. The average molecular weight is 486 g/mol. The molecule has 2 aromatic carbocycles. The Kier molecular flexibility index (Phi) is 7.21. The Labute approximate surface area is 198 Å². The lowest BCUT2D eigenvalue weighted by Crippen LogP contribution is -2.34. The lowest BCUT2D eigenvalue weighted by atomic mass is 10.1. The zero-order valence-corrected chi connectivity index (χ0v) is 19.8. The van der Waals surface area contributed by atoms with Gasteiger partial charge in [0.25, 0.3) is 0 Å². The summed E-state index contributed by atoms with van der Waals surface area (Å²) in [5, 5.41) is 5.94. The third kappa shape index (κ3) is 6.04. The van der Waals surface area contributed by atoms with E-state index < -0.39 is 10.0 Å². The Bertz CT molecular complexity index is 1110. The highest BCUT2D eigenvalue weighted by Gasteiger charge is 2.45. The first-order valence-corrected chi connectivity index (χ1v) is 13.4. The van der Waals surface area contributed by atoms with E-state index in [1.54, 1.807) is 40.3 Å². The number of carbonyl (C=O) groups is 2. The molecular weight excluding hydrogens is 458 g/mol. The Balaban J connectivity index is 1.29. The van der Waals surface area contributed by atoms with Gasteiger partial charge in [0.15, 0.2) is 0 Å². The van der Waals surface area contributed by atoms with Crippen molar-refractivity contribution in [2.45, 2.75) is 29.2 Å². The number of thioether (sulfide) groups is 1. The van der Waals surface area contributed by atoms with Gasteiger partial charge in [0.2, 0.25) is 21.8 Å². The molecule has 2 heterocycles. The van der Waals surface area contributed by atoms with Crippen molar-refractivity contribution in [3.63, 3.8) is 0 Å².